The van der Waals surface area contributed by atoms with E-state index in [-0.39, 0.29) is 6.61 Å². The zero-order chi connectivity index (χ0) is 13.8. The van der Waals surface area contributed by atoms with Crippen LogP contribution in [0.1, 0.15) is 19.4 Å². The highest BCUT2D eigenvalue weighted by molar-refractivity contribution is 5.86. The molecule has 0 unspecified atom stereocenters. The lowest BCUT2D eigenvalue weighted by molar-refractivity contribution is -0.146. The molecule has 0 aliphatic carbocycles. The van der Waals surface area contributed by atoms with E-state index < -0.39 is 17.4 Å². The molecule has 0 fully saturated rings. The standard InChI is InChI=1S/C13H17NO4/c1-9-4-6-10(7-5-9)18-8-11(15)14-13(2,3)12(16)17/h4-7H,8H2,1-3H3,(H,14,15)(H,16,17). The van der Waals surface area contributed by atoms with Crippen LogP contribution in [0.5, 0.6) is 5.75 Å². The van der Waals surface area contributed by atoms with Gasteiger partial charge in [-0.2, -0.15) is 0 Å². The molecule has 1 amide bonds. The minimum atomic E-state index is -1.30. The summed E-state index contributed by atoms with van der Waals surface area (Å²) in [5, 5.41) is 11.2. The zero-order valence-electron chi connectivity index (χ0n) is 10.7. The maximum Gasteiger partial charge on any atom is 0.328 e. The summed E-state index contributed by atoms with van der Waals surface area (Å²) in [6.45, 7) is 4.57. The number of ether oxygens (including phenoxy) is 1. The van der Waals surface area contributed by atoms with Gasteiger partial charge in [0.1, 0.15) is 11.3 Å². The summed E-state index contributed by atoms with van der Waals surface area (Å²) in [6, 6.07) is 7.25. The molecule has 1 aromatic rings. The van der Waals surface area contributed by atoms with Crippen LogP contribution in [0.4, 0.5) is 0 Å². The molecule has 5 heteroatoms. The average molecular weight is 251 g/mol. The van der Waals surface area contributed by atoms with Gasteiger partial charge in [0.25, 0.3) is 5.91 Å². The summed E-state index contributed by atoms with van der Waals surface area (Å²) in [5.74, 6) is -0.988. The van der Waals surface area contributed by atoms with E-state index in [2.05, 4.69) is 5.32 Å². The van der Waals surface area contributed by atoms with E-state index in [9.17, 15) is 9.59 Å². The maximum absolute atomic E-state index is 11.5. The molecule has 0 aliphatic rings. The van der Waals surface area contributed by atoms with Crippen molar-refractivity contribution in [2.24, 2.45) is 0 Å². The molecule has 2 N–H and O–H groups in total. The quantitative estimate of drug-likeness (QED) is 0.828. The Balaban J connectivity index is 2.47. The minimum Gasteiger partial charge on any atom is -0.484 e. The highest BCUT2D eigenvalue weighted by Crippen LogP contribution is 2.11. The molecule has 0 radical (unpaired) electrons. The monoisotopic (exact) mass is 251 g/mol. The van der Waals surface area contributed by atoms with Crippen LogP contribution in [0.2, 0.25) is 0 Å². The van der Waals surface area contributed by atoms with Crippen LogP contribution in [0.15, 0.2) is 24.3 Å². The third kappa shape index (κ3) is 4.08. The largest absolute Gasteiger partial charge is 0.484 e. The van der Waals surface area contributed by atoms with E-state index in [0.29, 0.717) is 5.75 Å². The highest BCUT2D eigenvalue weighted by Gasteiger charge is 2.28. The summed E-state index contributed by atoms with van der Waals surface area (Å²) >= 11 is 0. The van der Waals surface area contributed by atoms with Gasteiger partial charge in [0.05, 0.1) is 0 Å². The zero-order valence-corrected chi connectivity index (χ0v) is 10.7. The van der Waals surface area contributed by atoms with E-state index in [4.69, 9.17) is 9.84 Å². The first-order valence-corrected chi connectivity index (χ1v) is 5.55. The van der Waals surface area contributed by atoms with Gasteiger partial charge >= 0.3 is 5.97 Å². The normalized spacial score (nSPS) is 10.8. The predicted octanol–water partition coefficient (Wildman–Crippen LogP) is 1.35. The number of amides is 1. The Morgan fingerprint density at radius 1 is 1.28 bits per heavy atom. The van der Waals surface area contributed by atoms with Crippen LogP contribution in [-0.2, 0) is 9.59 Å². The fourth-order valence-corrected chi connectivity index (χ4v) is 1.22. The first kappa shape index (κ1) is 14.0. The molecule has 0 heterocycles. The number of rotatable bonds is 5. The number of carboxylic acids is 1. The Morgan fingerprint density at radius 2 is 1.83 bits per heavy atom. The van der Waals surface area contributed by atoms with Crippen LogP contribution in [-0.4, -0.2) is 29.1 Å². The molecule has 0 atom stereocenters. The second-order valence-electron chi connectivity index (χ2n) is 4.58. The van der Waals surface area contributed by atoms with Crippen LogP contribution < -0.4 is 10.1 Å². The number of hydrogen-bond acceptors (Lipinski definition) is 3. The number of aliphatic carboxylic acids is 1. The molecular weight excluding hydrogens is 234 g/mol. The summed E-state index contributed by atoms with van der Waals surface area (Å²) < 4.78 is 5.24. The van der Waals surface area contributed by atoms with Gasteiger partial charge in [0.15, 0.2) is 6.61 Å². The van der Waals surface area contributed by atoms with Crippen molar-refractivity contribution < 1.29 is 19.4 Å². The Morgan fingerprint density at radius 3 is 2.33 bits per heavy atom. The third-order valence-electron chi connectivity index (χ3n) is 2.38. The maximum atomic E-state index is 11.5. The van der Waals surface area contributed by atoms with Gasteiger partial charge in [-0.1, -0.05) is 17.7 Å². The SMILES string of the molecule is Cc1ccc(OCC(=O)NC(C)(C)C(=O)O)cc1. The molecule has 0 saturated carbocycles. The van der Waals surface area contributed by atoms with Crippen molar-refractivity contribution in [2.75, 3.05) is 6.61 Å². The van der Waals surface area contributed by atoms with Crippen molar-refractivity contribution in [2.45, 2.75) is 26.3 Å². The van der Waals surface area contributed by atoms with Gasteiger partial charge in [-0.05, 0) is 32.9 Å². The molecule has 98 valence electrons. The Bertz CT molecular complexity index is 437. The van der Waals surface area contributed by atoms with Crippen LogP contribution >= 0.6 is 0 Å². The molecule has 0 aromatic heterocycles. The van der Waals surface area contributed by atoms with E-state index in [1.165, 1.54) is 13.8 Å². The van der Waals surface area contributed by atoms with Crippen molar-refractivity contribution in [3.63, 3.8) is 0 Å². The summed E-state index contributed by atoms with van der Waals surface area (Å²) in [5.41, 5.74) is -0.202. The molecule has 18 heavy (non-hydrogen) atoms. The Kier molecular flexibility index (Phi) is 4.31. The van der Waals surface area contributed by atoms with Gasteiger partial charge in [-0.3, -0.25) is 4.79 Å². The number of aryl methyl sites for hydroxylation is 1. The fraction of sp³-hybridized carbons (Fsp3) is 0.385. The molecule has 0 aliphatic heterocycles. The van der Waals surface area contributed by atoms with Gasteiger partial charge < -0.3 is 15.2 Å². The van der Waals surface area contributed by atoms with Gasteiger partial charge in [-0.15, -0.1) is 0 Å². The lowest BCUT2D eigenvalue weighted by atomic mass is 10.1. The Hall–Kier alpha value is -2.04. The van der Waals surface area contributed by atoms with Crippen molar-refractivity contribution in [1.82, 2.24) is 5.32 Å². The minimum absolute atomic E-state index is 0.209. The van der Waals surface area contributed by atoms with Crippen LogP contribution in [0.25, 0.3) is 0 Å². The first-order chi connectivity index (χ1) is 8.31. The van der Waals surface area contributed by atoms with Gasteiger partial charge in [-0.25, -0.2) is 4.79 Å². The van der Waals surface area contributed by atoms with Crippen molar-refractivity contribution in [1.29, 1.82) is 0 Å². The highest BCUT2D eigenvalue weighted by atomic mass is 16.5. The number of nitrogens with one attached hydrogen (secondary N) is 1. The Labute approximate surface area is 106 Å². The lowest BCUT2D eigenvalue weighted by Gasteiger charge is -2.20. The fourth-order valence-electron chi connectivity index (χ4n) is 1.22. The van der Waals surface area contributed by atoms with Crippen molar-refractivity contribution in [3.8, 4) is 5.75 Å². The number of hydrogen-bond donors (Lipinski definition) is 2. The number of benzene rings is 1. The number of carbonyl (C=O) groups excluding carboxylic acids is 1. The molecule has 0 bridgehead atoms. The molecule has 1 rings (SSSR count). The van der Waals surface area contributed by atoms with E-state index in [1.54, 1.807) is 12.1 Å². The molecule has 0 saturated heterocycles. The summed E-state index contributed by atoms with van der Waals surface area (Å²) in [4.78, 5) is 22.3. The summed E-state index contributed by atoms with van der Waals surface area (Å²) in [6.07, 6.45) is 0. The smallest absolute Gasteiger partial charge is 0.328 e. The van der Waals surface area contributed by atoms with Crippen molar-refractivity contribution >= 4 is 11.9 Å². The molecule has 0 spiro atoms. The molecule has 5 nitrogen and oxygen atoms in total. The van der Waals surface area contributed by atoms with E-state index in [1.807, 2.05) is 19.1 Å². The van der Waals surface area contributed by atoms with Crippen molar-refractivity contribution in [3.05, 3.63) is 29.8 Å². The second kappa shape index (κ2) is 5.53. The number of carboxylic acid groups (broad SMARTS) is 1. The predicted molar refractivity (Wildman–Crippen MR) is 66.5 cm³/mol. The molecule has 1 aromatic carbocycles. The van der Waals surface area contributed by atoms with E-state index >= 15 is 0 Å². The molecular formula is C13H17NO4. The van der Waals surface area contributed by atoms with Crippen LogP contribution in [0.3, 0.4) is 0 Å². The average Bonchev–Trinajstić information content (AvgIpc) is 2.27. The topological polar surface area (TPSA) is 75.6 Å². The van der Waals surface area contributed by atoms with Gasteiger partial charge in [0.2, 0.25) is 0 Å². The number of carbonyl (C=O) groups is 2. The van der Waals surface area contributed by atoms with E-state index in [0.717, 1.165) is 5.56 Å². The second-order valence-corrected chi connectivity index (χ2v) is 4.58. The van der Waals surface area contributed by atoms with Crippen LogP contribution in [0, 0.1) is 6.92 Å². The third-order valence-corrected chi connectivity index (χ3v) is 2.38. The first-order valence-electron chi connectivity index (χ1n) is 5.55. The van der Waals surface area contributed by atoms with Gasteiger partial charge in [0, 0.05) is 0 Å². The lowest BCUT2D eigenvalue weighted by Crippen LogP contribution is -2.51. The summed E-state index contributed by atoms with van der Waals surface area (Å²) in [7, 11) is 0.